The summed E-state index contributed by atoms with van der Waals surface area (Å²) < 4.78 is 4.61. The summed E-state index contributed by atoms with van der Waals surface area (Å²) in [6.07, 6.45) is 1.47. The maximum atomic E-state index is 12.2. The maximum Gasteiger partial charge on any atom is 0.337 e. The molecule has 6 nitrogen and oxygen atoms in total. The van der Waals surface area contributed by atoms with Crippen LogP contribution in [-0.4, -0.2) is 53.9 Å². The third-order valence-electron chi connectivity index (χ3n) is 3.29. The van der Waals surface area contributed by atoms with Crippen LogP contribution in [-0.2, 0) is 14.3 Å². The van der Waals surface area contributed by atoms with E-state index < -0.39 is 17.8 Å². The first-order valence-corrected chi connectivity index (χ1v) is 6.77. The Hall–Kier alpha value is -2.54. The van der Waals surface area contributed by atoms with E-state index in [0.717, 1.165) is 0 Å². The summed E-state index contributed by atoms with van der Waals surface area (Å²) in [5.74, 6) is -1.36. The zero-order valence-electron chi connectivity index (χ0n) is 12.3. The lowest BCUT2D eigenvalue weighted by Gasteiger charge is -2.31. The van der Waals surface area contributed by atoms with Gasteiger partial charge in [-0.05, 0) is 36.0 Å². The summed E-state index contributed by atoms with van der Waals surface area (Å²) in [7, 11) is 4.33. The second kappa shape index (κ2) is 6.07. The number of hydrogen-bond acceptors (Lipinski definition) is 5. The molecule has 0 aromatic heterocycles. The molecule has 114 valence electrons. The van der Waals surface area contributed by atoms with E-state index in [4.69, 9.17) is 12.2 Å². The van der Waals surface area contributed by atoms with Gasteiger partial charge in [-0.3, -0.25) is 19.4 Å². The van der Waals surface area contributed by atoms with Crippen molar-refractivity contribution in [3.05, 3.63) is 41.0 Å². The van der Waals surface area contributed by atoms with Crippen LogP contribution in [0.5, 0.6) is 0 Å². The molecule has 1 aromatic carbocycles. The minimum atomic E-state index is -0.454. The largest absolute Gasteiger partial charge is 0.465 e. The van der Waals surface area contributed by atoms with Crippen LogP contribution in [0.25, 0.3) is 6.08 Å². The third kappa shape index (κ3) is 2.75. The second-order valence-electron chi connectivity index (χ2n) is 4.68. The molecular weight excluding hydrogens is 304 g/mol. The van der Waals surface area contributed by atoms with E-state index in [9.17, 15) is 14.4 Å². The number of methoxy groups -OCH3 is 1. The number of likely N-dealkylation sites (N-methyl/N-ethyl adjacent to an activating group) is 2. The van der Waals surface area contributed by atoms with Crippen molar-refractivity contribution in [2.75, 3.05) is 21.2 Å². The molecule has 2 rings (SSSR count). The quantitative estimate of drug-likeness (QED) is 0.353. The Labute approximate surface area is 132 Å². The van der Waals surface area contributed by atoms with Crippen LogP contribution >= 0.6 is 12.2 Å². The highest BCUT2D eigenvalue weighted by molar-refractivity contribution is 7.80. The fourth-order valence-corrected chi connectivity index (χ4v) is 2.14. The lowest BCUT2D eigenvalue weighted by molar-refractivity contribution is -0.132. The van der Waals surface area contributed by atoms with Crippen molar-refractivity contribution in [2.45, 2.75) is 0 Å². The van der Waals surface area contributed by atoms with Crippen LogP contribution in [0.15, 0.2) is 29.8 Å². The van der Waals surface area contributed by atoms with E-state index in [0.29, 0.717) is 11.1 Å². The number of carbonyl (C=O) groups is 3. The molecule has 0 saturated carbocycles. The molecule has 0 radical (unpaired) electrons. The number of esters is 1. The van der Waals surface area contributed by atoms with Gasteiger partial charge in [0, 0.05) is 14.1 Å². The number of thiocarbonyl (C=S) groups is 1. The molecule has 0 aliphatic carbocycles. The normalized spacial score (nSPS) is 15.2. The topological polar surface area (TPSA) is 66.9 Å². The van der Waals surface area contributed by atoms with Crippen molar-refractivity contribution in [1.29, 1.82) is 0 Å². The van der Waals surface area contributed by atoms with Gasteiger partial charge in [0.25, 0.3) is 11.8 Å². The van der Waals surface area contributed by atoms with Crippen LogP contribution in [0.2, 0.25) is 0 Å². The molecular formula is C15H14N2O4S. The van der Waals surface area contributed by atoms with Gasteiger partial charge in [0.2, 0.25) is 0 Å². The first-order chi connectivity index (χ1) is 10.4. The number of carbonyl (C=O) groups excluding carboxylic acids is 3. The molecule has 0 N–H and O–H groups in total. The van der Waals surface area contributed by atoms with E-state index >= 15 is 0 Å². The molecule has 2 amide bonds. The summed E-state index contributed by atoms with van der Waals surface area (Å²) in [5, 5.41) is 0.160. The minimum absolute atomic E-state index is 0.0180. The molecule has 1 saturated heterocycles. The molecule has 22 heavy (non-hydrogen) atoms. The Bertz CT molecular complexity index is 668. The lowest BCUT2D eigenvalue weighted by atomic mass is 10.1. The van der Waals surface area contributed by atoms with E-state index in [2.05, 4.69) is 4.74 Å². The van der Waals surface area contributed by atoms with Crippen molar-refractivity contribution < 1.29 is 19.1 Å². The number of hydrogen-bond donors (Lipinski definition) is 0. The first kappa shape index (κ1) is 15.8. The van der Waals surface area contributed by atoms with Gasteiger partial charge >= 0.3 is 5.97 Å². The highest BCUT2D eigenvalue weighted by Gasteiger charge is 2.35. The van der Waals surface area contributed by atoms with Crippen LogP contribution in [0, 0.1) is 0 Å². The van der Waals surface area contributed by atoms with E-state index in [1.807, 2.05) is 0 Å². The minimum Gasteiger partial charge on any atom is -0.465 e. The molecule has 0 atom stereocenters. The first-order valence-electron chi connectivity index (χ1n) is 6.37. The summed E-state index contributed by atoms with van der Waals surface area (Å²) >= 11 is 5.01. The molecule has 1 heterocycles. The SMILES string of the molecule is COC(=O)c1ccc(C=C2C(=O)N(C)C(=S)N(C)C2=O)cc1. The maximum absolute atomic E-state index is 12.2. The highest BCUT2D eigenvalue weighted by Crippen LogP contribution is 2.18. The number of ether oxygens (including phenoxy) is 1. The van der Waals surface area contributed by atoms with Gasteiger partial charge in [-0.1, -0.05) is 12.1 Å². The Morgan fingerprint density at radius 1 is 1.09 bits per heavy atom. The number of rotatable bonds is 2. The average molecular weight is 318 g/mol. The fourth-order valence-electron chi connectivity index (χ4n) is 1.97. The summed E-state index contributed by atoms with van der Waals surface area (Å²) in [6.45, 7) is 0. The Kier molecular flexibility index (Phi) is 4.37. The Morgan fingerprint density at radius 3 is 2.05 bits per heavy atom. The summed E-state index contributed by atoms with van der Waals surface area (Å²) in [5.41, 5.74) is 1.03. The van der Waals surface area contributed by atoms with Crippen LogP contribution in [0.1, 0.15) is 15.9 Å². The highest BCUT2D eigenvalue weighted by atomic mass is 32.1. The van der Waals surface area contributed by atoms with Gasteiger partial charge < -0.3 is 4.74 Å². The lowest BCUT2D eigenvalue weighted by Crippen LogP contribution is -2.52. The Balaban J connectivity index is 2.35. The smallest absolute Gasteiger partial charge is 0.337 e. The summed E-state index contributed by atoms with van der Waals surface area (Å²) in [6, 6.07) is 6.39. The molecule has 1 aliphatic rings. The van der Waals surface area contributed by atoms with E-state index in [1.165, 1.54) is 37.1 Å². The predicted molar refractivity (Wildman–Crippen MR) is 83.9 cm³/mol. The number of benzene rings is 1. The Morgan fingerprint density at radius 2 is 1.59 bits per heavy atom. The molecule has 0 unspecified atom stereocenters. The van der Waals surface area contributed by atoms with E-state index in [1.54, 1.807) is 24.3 Å². The van der Waals surface area contributed by atoms with Crippen LogP contribution in [0.3, 0.4) is 0 Å². The van der Waals surface area contributed by atoms with Gasteiger partial charge in [-0.15, -0.1) is 0 Å². The van der Waals surface area contributed by atoms with Gasteiger partial charge in [0.15, 0.2) is 5.11 Å². The van der Waals surface area contributed by atoms with Gasteiger partial charge in [0.05, 0.1) is 12.7 Å². The predicted octanol–water partition coefficient (Wildman–Crippen LogP) is 1.07. The average Bonchev–Trinajstić information content (AvgIpc) is 2.55. The number of nitrogens with zero attached hydrogens (tertiary/aromatic N) is 2. The summed E-state index contributed by atoms with van der Waals surface area (Å²) in [4.78, 5) is 38.2. The number of amides is 2. The second-order valence-corrected chi connectivity index (χ2v) is 5.05. The standard InChI is InChI=1S/C15H14N2O4S/c1-16-12(18)11(13(19)17(2)15(16)22)8-9-4-6-10(7-5-9)14(20)21-3/h4-8H,1-3H3. The van der Waals surface area contributed by atoms with Crippen molar-refractivity contribution in [3.8, 4) is 0 Å². The molecule has 1 aliphatic heterocycles. The molecule has 1 aromatic rings. The fraction of sp³-hybridized carbons (Fsp3) is 0.200. The third-order valence-corrected chi connectivity index (χ3v) is 3.83. The van der Waals surface area contributed by atoms with Crippen molar-refractivity contribution in [1.82, 2.24) is 9.80 Å². The molecule has 1 fully saturated rings. The zero-order valence-corrected chi connectivity index (χ0v) is 13.1. The van der Waals surface area contributed by atoms with Crippen molar-refractivity contribution in [3.63, 3.8) is 0 Å². The van der Waals surface area contributed by atoms with Crippen molar-refractivity contribution in [2.24, 2.45) is 0 Å². The van der Waals surface area contributed by atoms with Crippen LogP contribution < -0.4 is 0 Å². The van der Waals surface area contributed by atoms with Gasteiger partial charge in [0.1, 0.15) is 5.57 Å². The molecule has 0 bridgehead atoms. The van der Waals surface area contributed by atoms with Gasteiger partial charge in [-0.2, -0.15) is 0 Å². The molecule has 7 heteroatoms. The van der Waals surface area contributed by atoms with Crippen LogP contribution in [0.4, 0.5) is 0 Å². The molecule has 0 spiro atoms. The van der Waals surface area contributed by atoms with E-state index in [-0.39, 0.29) is 10.7 Å². The monoisotopic (exact) mass is 318 g/mol. The zero-order chi connectivity index (χ0) is 16.4. The van der Waals surface area contributed by atoms with Gasteiger partial charge in [-0.25, -0.2) is 4.79 Å². The van der Waals surface area contributed by atoms with Crippen molar-refractivity contribution >= 4 is 41.2 Å².